The van der Waals surface area contributed by atoms with Crippen molar-refractivity contribution in [2.45, 2.75) is 59.0 Å². The van der Waals surface area contributed by atoms with E-state index in [1.807, 2.05) is 20.8 Å². The van der Waals surface area contributed by atoms with E-state index in [4.69, 9.17) is 5.11 Å². The van der Waals surface area contributed by atoms with E-state index in [1.54, 1.807) is 11.9 Å². The third-order valence-electron chi connectivity index (χ3n) is 3.45. The first-order valence-electron chi connectivity index (χ1n) is 6.61. The molecule has 2 N–H and O–H groups in total. The smallest absolute Gasteiger partial charge is 0.326 e. The highest BCUT2D eigenvalue weighted by atomic mass is 16.4. The van der Waals surface area contributed by atoms with Crippen molar-refractivity contribution in [2.24, 2.45) is 5.92 Å². The van der Waals surface area contributed by atoms with Crippen LogP contribution in [0.25, 0.3) is 0 Å². The molecule has 0 rings (SSSR count). The normalized spacial score (nSPS) is 15.6. The summed E-state index contributed by atoms with van der Waals surface area (Å²) in [4.78, 5) is 24.6. The molecular weight excluding hydrogens is 232 g/mol. The Morgan fingerprint density at radius 2 is 1.83 bits per heavy atom. The van der Waals surface area contributed by atoms with Crippen molar-refractivity contribution < 1.29 is 14.7 Å². The van der Waals surface area contributed by atoms with Gasteiger partial charge in [0, 0.05) is 13.1 Å². The van der Waals surface area contributed by atoms with Crippen LogP contribution in [0.3, 0.4) is 0 Å². The number of carbonyl (C=O) groups is 2. The molecule has 0 bridgehead atoms. The molecule has 0 heterocycles. The van der Waals surface area contributed by atoms with Gasteiger partial charge in [0.05, 0.1) is 0 Å². The van der Waals surface area contributed by atoms with Gasteiger partial charge in [-0.05, 0) is 19.3 Å². The molecule has 0 saturated heterocycles. The largest absolute Gasteiger partial charge is 0.480 e. The van der Waals surface area contributed by atoms with E-state index in [0.717, 1.165) is 12.8 Å². The Hall–Kier alpha value is -1.26. The molecule has 0 spiro atoms. The number of rotatable bonds is 7. The summed E-state index contributed by atoms with van der Waals surface area (Å²) in [5.74, 6) is -1.06. The van der Waals surface area contributed by atoms with Gasteiger partial charge < -0.3 is 15.3 Å². The fourth-order valence-corrected chi connectivity index (χ4v) is 1.73. The molecule has 5 heteroatoms. The number of amides is 2. The monoisotopic (exact) mass is 258 g/mol. The van der Waals surface area contributed by atoms with Crippen LogP contribution in [-0.2, 0) is 4.79 Å². The van der Waals surface area contributed by atoms with Crippen molar-refractivity contribution in [1.29, 1.82) is 0 Å². The van der Waals surface area contributed by atoms with Crippen molar-refractivity contribution >= 4 is 12.0 Å². The summed E-state index contributed by atoms with van der Waals surface area (Å²) < 4.78 is 0. The van der Waals surface area contributed by atoms with E-state index in [2.05, 4.69) is 12.2 Å². The molecule has 0 saturated carbocycles. The third-order valence-corrected chi connectivity index (χ3v) is 3.45. The maximum Gasteiger partial charge on any atom is 0.326 e. The molecule has 106 valence electrons. The Morgan fingerprint density at radius 1 is 1.28 bits per heavy atom. The minimum atomic E-state index is -0.978. The van der Waals surface area contributed by atoms with Crippen LogP contribution in [0.4, 0.5) is 4.79 Å². The van der Waals surface area contributed by atoms with E-state index >= 15 is 0 Å². The van der Waals surface area contributed by atoms with E-state index in [9.17, 15) is 9.59 Å². The fraction of sp³-hybridized carbons (Fsp3) is 0.846. The van der Waals surface area contributed by atoms with Crippen LogP contribution < -0.4 is 5.32 Å². The number of urea groups is 1. The summed E-state index contributed by atoms with van der Waals surface area (Å²) in [5.41, 5.74) is 0. The molecule has 3 atom stereocenters. The van der Waals surface area contributed by atoms with Crippen molar-refractivity contribution in [1.82, 2.24) is 10.2 Å². The average Bonchev–Trinajstić information content (AvgIpc) is 2.33. The van der Waals surface area contributed by atoms with Gasteiger partial charge in [0.1, 0.15) is 6.04 Å². The Labute approximate surface area is 110 Å². The summed E-state index contributed by atoms with van der Waals surface area (Å²) in [6, 6.07) is -1.02. The lowest BCUT2D eigenvalue weighted by atomic mass is 9.99. The molecule has 5 nitrogen and oxygen atoms in total. The Morgan fingerprint density at radius 3 is 2.22 bits per heavy atom. The van der Waals surface area contributed by atoms with E-state index in [1.165, 1.54) is 0 Å². The minimum absolute atomic E-state index is 0.0821. The number of carboxylic acids is 1. The number of carboxylic acid groups (broad SMARTS) is 1. The molecule has 0 aromatic carbocycles. The van der Waals surface area contributed by atoms with Crippen LogP contribution in [0.5, 0.6) is 0 Å². The molecule has 0 aromatic rings. The first-order chi connectivity index (χ1) is 8.34. The number of nitrogens with zero attached hydrogens (tertiary/aromatic N) is 1. The predicted octanol–water partition coefficient (Wildman–Crippen LogP) is 2.32. The van der Waals surface area contributed by atoms with Crippen LogP contribution in [0, 0.1) is 5.92 Å². The molecular formula is C13H26N2O3. The Kier molecular flexibility index (Phi) is 7.39. The number of carbonyl (C=O) groups excluding carboxylic acids is 1. The van der Waals surface area contributed by atoms with Crippen molar-refractivity contribution in [3.63, 3.8) is 0 Å². The lowest BCUT2D eigenvalue weighted by Gasteiger charge is -2.28. The van der Waals surface area contributed by atoms with Gasteiger partial charge in [-0.3, -0.25) is 0 Å². The van der Waals surface area contributed by atoms with Gasteiger partial charge in [-0.25, -0.2) is 9.59 Å². The van der Waals surface area contributed by atoms with Gasteiger partial charge in [0.25, 0.3) is 0 Å². The van der Waals surface area contributed by atoms with Gasteiger partial charge in [0.2, 0.25) is 0 Å². The molecule has 0 aliphatic rings. The van der Waals surface area contributed by atoms with Gasteiger partial charge in [0.15, 0.2) is 0 Å². The molecule has 0 aromatic heterocycles. The number of aliphatic carboxylic acids is 1. The van der Waals surface area contributed by atoms with Gasteiger partial charge in [-0.1, -0.05) is 33.6 Å². The van der Waals surface area contributed by atoms with Gasteiger partial charge in [-0.2, -0.15) is 0 Å². The van der Waals surface area contributed by atoms with Crippen LogP contribution >= 0.6 is 0 Å². The quantitative estimate of drug-likeness (QED) is 0.736. The highest BCUT2D eigenvalue weighted by Gasteiger charge is 2.27. The lowest BCUT2D eigenvalue weighted by Crippen LogP contribution is -2.51. The molecule has 0 aliphatic heterocycles. The Balaban J connectivity index is 4.55. The number of nitrogens with one attached hydrogen (secondary N) is 1. The second-order valence-corrected chi connectivity index (χ2v) is 4.90. The summed E-state index contributed by atoms with van der Waals surface area (Å²) in [6.07, 6.45) is 2.61. The summed E-state index contributed by atoms with van der Waals surface area (Å²) in [6.45, 7) is 7.76. The maximum absolute atomic E-state index is 11.9. The topological polar surface area (TPSA) is 69.6 Å². The van der Waals surface area contributed by atoms with Crippen LogP contribution in [0.2, 0.25) is 0 Å². The lowest BCUT2D eigenvalue weighted by molar-refractivity contribution is -0.140. The zero-order valence-electron chi connectivity index (χ0n) is 12.1. The zero-order chi connectivity index (χ0) is 14.3. The summed E-state index contributed by atoms with van der Waals surface area (Å²) in [7, 11) is 1.70. The minimum Gasteiger partial charge on any atom is -0.480 e. The fourth-order valence-electron chi connectivity index (χ4n) is 1.73. The van der Waals surface area contributed by atoms with E-state index in [0.29, 0.717) is 6.42 Å². The zero-order valence-corrected chi connectivity index (χ0v) is 12.1. The average molecular weight is 258 g/mol. The van der Waals surface area contributed by atoms with Crippen LogP contribution in [-0.4, -0.2) is 41.1 Å². The number of hydrogen-bond acceptors (Lipinski definition) is 2. The van der Waals surface area contributed by atoms with Crippen LogP contribution in [0.15, 0.2) is 0 Å². The standard InChI is InChI=1S/C13H26N2O3/c1-6-8-10(4)15(5)13(18)14-11(12(16)17)9(3)7-2/h9-11H,6-8H2,1-5H3,(H,14,18)(H,16,17)/t9-,10?,11-/m0/s1. The molecule has 2 amide bonds. The summed E-state index contributed by atoms with van der Waals surface area (Å²) >= 11 is 0. The first kappa shape index (κ1) is 16.7. The third kappa shape index (κ3) is 4.94. The van der Waals surface area contributed by atoms with Gasteiger partial charge >= 0.3 is 12.0 Å². The molecule has 0 fully saturated rings. The highest BCUT2D eigenvalue weighted by molar-refractivity contribution is 5.82. The van der Waals surface area contributed by atoms with Crippen molar-refractivity contribution in [3.8, 4) is 0 Å². The van der Waals surface area contributed by atoms with Crippen molar-refractivity contribution in [3.05, 3.63) is 0 Å². The highest BCUT2D eigenvalue weighted by Crippen LogP contribution is 2.10. The predicted molar refractivity (Wildman–Crippen MR) is 71.5 cm³/mol. The molecule has 1 unspecified atom stereocenters. The van der Waals surface area contributed by atoms with E-state index in [-0.39, 0.29) is 18.0 Å². The van der Waals surface area contributed by atoms with Gasteiger partial charge in [-0.15, -0.1) is 0 Å². The van der Waals surface area contributed by atoms with E-state index < -0.39 is 12.0 Å². The second-order valence-electron chi connectivity index (χ2n) is 4.90. The molecule has 0 radical (unpaired) electrons. The Bertz CT molecular complexity index is 281. The SMILES string of the molecule is CCCC(C)N(C)C(=O)N[C@H](C(=O)O)[C@@H](C)CC. The second kappa shape index (κ2) is 7.95. The van der Waals surface area contributed by atoms with Crippen molar-refractivity contribution in [2.75, 3.05) is 7.05 Å². The first-order valence-corrected chi connectivity index (χ1v) is 6.61. The molecule has 18 heavy (non-hydrogen) atoms. The van der Waals surface area contributed by atoms with Crippen LogP contribution in [0.1, 0.15) is 47.0 Å². The summed E-state index contributed by atoms with van der Waals surface area (Å²) in [5, 5.41) is 11.7. The molecule has 0 aliphatic carbocycles. The number of hydrogen-bond donors (Lipinski definition) is 2. The maximum atomic E-state index is 11.9.